The Morgan fingerprint density at radius 3 is 1.15 bits per heavy atom. The maximum Gasteiger partial charge on any atom is 0.119 e. The van der Waals surface area contributed by atoms with Crippen LogP contribution in [0.2, 0.25) is 0 Å². The fourth-order valence-corrected chi connectivity index (χ4v) is 4.13. The highest BCUT2D eigenvalue weighted by Crippen LogP contribution is 2.36. The molecule has 1 rings (SSSR count). The summed E-state index contributed by atoms with van der Waals surface area (Å²) in [4.78, 5) is 0. The van der Waals surface area contributed by atoms with E-state index < -0.39 is 0 Å². The van der Waals surface area contributed by atoms with E-state index in [0.717, 1.165) is 12.2 Å². The van der Waals surface area contributed by atoms with Gasteiger partial charge in [-0.1, -0.05) is 46.8 Å². The van der Waals surface area contributed by atoms with E-state index >= 15 is 0 Å². The third-order valence-corrected chi connectivity index (χ3v) is 5.57. The zero-order valence-corrected chi connectivity index (χ0v) is 25.0. The normalized spacial score (nSPS) is 12.3. The van der Waals surface area contributed by atoms with Crippen molar-refractivity contribution in [3.8, 4) is 5.75 Å². The Bertz CT molecular complexity index is 674. The van der Waals surface area contributed by atoms with E-state index in [0.29, 0.717) is 99.1 Å². The Balaban J connectivity index is 1.84. The fraction of sp³-hybridized carbons (Fsp3) is 0.800. The van der Waals surface area contributed by atoms with Crippen LogP contribution < -0.4 is 4.74 Å². The summed E-state index contributed by atoms with van der Waals surface area (Å²) in [5, 5.41) is 8.57. The molecule has 9 nitrogen and oxygen atoms in total. The molecule has 0 radical (unpaired) electrons. The summed E-state index contributed by atoms with van der Waals surface area (Å²) in [6.07, 6.45) is 1.12. The summed E-state index contributed by atoms with van der Waals surface area (Å²) < 4.78 is 43.6. The minimum atomic E-state index is 0.0302. The Hall–Kier alpha value is -1.30. The van der Waals surface area contributed by atoms with Gasteiger partial charge in [0.1, 0.15) is 12.4 Å². The van der Waals surface area contributed by atoms with E-state index in [9.17, 15) is 0 Å². The molecule has 0 saturated heterocycles. The van der Waals surface area contributed by atoms with Crippen molar-refractivity contribution in [2.45, 2.75) is 46.5 Å². The van der Waals surface area contributed by atoms with Crippen molar-refractivity contribution in [2.75, 3.05) is 106 Å². The molecule has 0 aliphatic heterocycles. The highest BCUT2D eigenvalue weighted by Gasteiger charge is 2.27. The van der Waals surface area contributed by atoms with Gasteiger partial charge in [0, 0.05) is 0 Å². The number of ether oxygens (including phenoxy) is 8. The number of rotatable bonds is 26. The molecular formula is C30H54O9. The van der Waals surface area contributed by atoms with Crippen LogP contribution in [0.5, 0.6) is 5.75 Å². The van der Waals surface area contributed by atoms with Gasteiger partial charge < -0.3 is 43.0 Å². The fourth-order valence-electron chi connectivity index (χ4n) is 4.13. The largest absolute Gasteiger partial charge is 0.491 e. The van der Waals surface area contributed by atoms with Crippen molar-refractivity contribution < 1.29 is 43.0 Å². The molecule has 0 spiro atoms. The van der Waals surface area contributed by atoms with Crippen molar-refractivity contribution >= 4 is 0 Å². The molecule has 1 aromatic carbocycles. The van der Waals surface area contributed by atoms with Gasteiger partial charge >= 0.3 is 0 Å². The summed E-state index contributed by atoms with van der Waals surface area (Å²) in [5.41, 5.74) is 1.74. The van der Waals surface area contributed by atoms with Crippen LogP contribution in [0.4, 0.5) is 0 Å². The highest BCUT2D eigenvalue weighted by atomic mass is 16.6. The van der Waals surface area contributed by atoms with Crippen LogP contribution >= 0.6 is 0 Å². The van der Waals surface area contributed by atoms with Crippen LogP contribution in [-0.4, -0.2) is 111 Å². The second-order valence-electron chi connectivity index (χ2n) is 11.0. The molecule has 0 aliphatic carbocycles. The molecule has 0 saturated carbocycles. The third-order valence-electron chi connectivity index (χ3n) is 5.57. The number of hydrogen-bond donors (Lipinski definition) is 1. The number of benzene rings is 1. The Kier molecular flexibility index (Phi) is 20.5. The first-order valence-corrected chi connectivity index (χ1v) is 14.1. The predicted octanol–water partition coefficient (Wildman–Crippen LogP) is 3.89. The number of hydrogen-bond acceptors (Lipinski definition) is 9. The lowest BCUT2D eigenvalue weighted by atomic mass is 9.72. The predicted molar refractivity (Wildman–Crippen MR) is 152 cm³/mol. The number of aliphatic hydroxyl groups excluding tert-OH is 1. The maximum absolute atomic E-state index is 8.57. The standard InChI is InChI=1S/C30H54O9/c1-29(2,3)26-30(4,5)27-6-8-28(9-7-27)39-25-24-38-23-22-37-21-20-36-19-18-35-17-16-34-15-14-33-13-12-32-11-10-31/h6-9,31H,10-26H2,1-5H3. The highest BCUT2D eigenvalue weighted by molar-refractivity contribution is 5.31. The minimum absolute atomic E-state index is 0.0302. The van der Waals surface area contributed by atoms with Gasteiger partial charge in [0.2, 0.25) is 0 Å². The molecule has 1 N–H and O–H groups in total. The van der Waals surface area contributed by atoms with E-state index in [1.54, 1.807) is 0 Å². The average molecular weight is 559 g/mol. The maximum atomic E-state index is 8.57. The van der Waals surface area contributed by atoms with Crippen molar-refractivity contribution in [1.29, 1.82) is 0 Å². The van der Waals surface area contributed by atoms with Gasteiger partial charge in [0.25, 0.3) is 0 Å². The summed E-state index contributed by atoms with van der Waals surface area (Å²) in [6.45, 7) is 19.0. The first-order valence-electron chi connectivity index (χ1n) is 14.1. The van der Waals surface area contributed by atoms with Gasteiger partial charge in [-0.2, -0.15) is 0 Å². The molecule has 0 heterocycles. The van der Waals surface area contributed by atoms with Crippen LogP contribution in [0.15, 0.2) is 24.3 Å². The molecule has 228 valence electrons. The zero-order valence-electron chi connectivity index (χ0n) is 25.0. The lowest BCUT2D eigenvalue weighted by Gasteiger charge is -2.33. The molecule has 0 aromatic heterocycles. The molecule has 0 unspecified atom stereocenters. The molecule has 39 heavy (non-hydrogen) atoms. The van der Waals surface area contributed by atoms with Gasteiger partial charge in [-0.3, -0.25) is 0 Å². The average Bonchev–Trinajstić information content (AvgIpc) is 2.88. The molecule has 0 aliphatic rings. The van der Waals surface area contributed by atoms with Crippen molar-refractivity contribution in [2.24, 2.45) is 5.41 Å². The number of aliphatic hydroxyl groups is 1. The monoisotopic (exact) mass is 558 g/mol. The molecule has 0 bridgehead atoms. The van der Waals surface area contributed by atoms with Gasteiger partial charge in [0.15, 0.2) is 0 Å². The second-order valence-corrected chi connectivity index (χ2v) is 11.0. The topological polar surface area (TPSA) is 94.1 Å². The third kappa shape index (κ3) is 21.2. The molecule has 0 amide bonds. The van der Waals surface area contributed by atoms with Crippen molar-refractivity contribution in [1.82, 2.24) is 0 Å². The lowest BCUT2D eigenvalue weighted by molar-refractivity contribution is -0.0221. The van der Waals surface area contributed by atoms with Gasteiger partial charge in [-0.05, 0) is 34.9 Å². The van der Waals surface area contributed by atoms with Crippen molar-refractivity contribution in [3.63, 3.8) is 0 Å². The van der Waals surface area contributed by atoms with Crippen LogP contribution in [0, 0.1) is 5.41 Å². The first kappa shape index (κ1) is 35.7. The molecule has 0 fully saturated rings. The van der Waals surface area contributed by atoms with E-state index in [1.165, 1.54) is 5.56 Å². The molecule has 1 aromatic rings. The van der Waals surface area contributed by atoms with Crippen LogP contribution in [0.1, 0.15) is 46.6 Å². The smallest absolute Gasteiger partial charge is 0.119 e. The Morgan fingerprint density at radius 2 is 0.821 bits per heavy atom. The van der Waals surface area contributed by atoms with Crippen LogP contribution in [-0.2, 0) is 38.6 Å². The summed E-state index contributed by atoms with van der Waals surface area (Å²) in [5.74, 6) is 0.862. The van der Waals surface area contributed by atoms with E-state index in [4.69, 9.17) is 43.0 Å². The van der Waals surface area contributed by atoms with E-state index in [1.807, 2.05) is 12.1 Å². The molecule has 9 heteroatoms. The van der Waals surface area contributed by atoms with Crippen LogP contribution in [0.25, 0.3) is 0 Å². The Morgan fingerprint density at radius 1 is 0.487 bits per heavy atom. The Labute approximate surface area is 236 Å². The van der Waals surface area contributed by atoms with E-state index in [2.05, 4.69) is 46.8 Å². The second kappa shape index (κ2) is 22.4. The van der Waals surface area contributed by atoms with Crippen LogP contribution in [0.3, 0.4) is 0 Å². The van der Waals surface area contributed by atoms with Gasteiger partial charge in [-0.15, -0.1) is 0 Å². The zero-order chi connectivity index (χ0) is 28.7. The molecule has 0 atom stereocenters. The molecular weight excluding hydrogens is 504 g/mol. The van der Waals surface area contributed by atoms with Gasteiger partial charge in [-0.25, -0.2) is 0 Å². The summed E-state index contributed by atoms with van der Waals surface area (Å²) >= 11 is 0. The van der Waals surface area contributed by atoms with Gasteiger partial charge in [0.05, 0.1) is 99.1 Å². The quantitative estimate of drug-likeness (QED) is 0.170. The summed E-state index contributed by atoms with van der Waals surface area (Å²) in [6, 6.07) is 8.41. The first-order chi connectivity index (χ1) is 18.7. The lowest BCUT2D eigenvalue weighted by Crippen LogP contribution is -2.24. The van der Waals surface area contributed by atoms with E-state index in [-0.39, 0.29) is 17.4 Å². The minimum Gasteiger partial charge on any atom is -0.491 e. The van der Waals surface area contributed by atoms with Crippen molar-refractivity contribution in [3.05, 3.63) is 29.8 Å². The SMILES string of the molecule is CC(C)(C)CC(C)(C)c1ccc(OCCOCCOCCOCCOCCOCCOCCOCCO)cc1. The summed E-state index contributed by atoms with van der Waals surface area (Å²) in [7, 11) is 0.